The van der Waals surface area contributed by atoms with Crippen LogP contribution < -0.4 is 10.9 Å². The number of fused-ring (bicyclic) bond motifs is 2. The highest BCUT2D eigenvalue weighted by Crippen LogP contribution is 2.24. The Labute approximate surface area is 178 Å². The Balaban J connectivity index is 1.27. The van der Waals surface area contributed by atoms with Crippen LogP contribution in [0.2, 0.25) is 0 Å². The molecule has 0 saturated heterocycles. The minimum Gasteiger partial charge on any atom is -0.334 e. The van der Waals surface area contributed by atoms with E-state index in [2.05, 4.69) is 26.4 Å². The van der Waals surface area contributed by atoms with Gasteiger partial charge in [-0.15, -0.1) is 5.10 Å². The van der Waals surface area contributed by atoms with Crippen LogP contribution in [0.5, 0.6) is 0 Å². The number of hydrogen-bond acceptors (Lipinski definition) is 5. The first-order valence-corrected chi connectivity index (χ1v) is 10.5. The molecule has 0 saturated carbocycles. The molecule has 0 bridgehead atoms. The van der Waals surface area contributed by atoms with Crippen LogP contribution in [0.25, 0.3) is 22.2 Å². The first-order valence-electron chi connectivity index (χ1n) is 10.5. The third-order valence-corrected chi connectivity index (χ3v) is 5.53. The van der Waals surface area contributed by atoms with E-state index >= 15 is 0 Å². The highest BCUT2D eigenvalue weighted by atomic mass is 16.2. The van der Waals surface area contributed by atoms with Gasteiger partial charge in [-0.1, -0.05) is 29.5 Å². The van der Waals surface area contributed by atoms with Gasteiger partial charge in [-0.25, -0.2) is 9.67 Å². The highest BCUT2D eigenvalue weighted by Gasteiger charge is 2.14. The molecule has 8 nitrogen and oxygen atoms in total. The summed E-state index contributed by atoms with van der Waals surface area (Å²) in [5, 5.41) is 11.4. The number of benzene rings is 2. The van der Waals surface area contributed by atoms with E-state index in [-0.39, 0.29) is 24.4 Å². The molecular formula is C23H22N6O2. The fraction of sp³-hybridized carbons (Fsp3) is 0.261. The van der Waals surface area contributed by atoms with E-state index in [0.717, 1.165) is 30.0 Å². The maximum Gasteiger partial charge on any atom is 0.277 e. The van der Waals surface area contributed by atoms with Gasteiger partial charge in [0.1, 0.15) is 11.3 Å². The van der Waals surface area contributed by atoms with Crippen LogP contribution in [0.4, 0.5) is 5.69 Å². The van der Waals surface area contributed by atoms with E-state index in [1.54, 1.807) is 24.3 Å². The van der Waals surface area contributed by atoms with Crippen molar-refractivity contribution in [3.05, 3.63) is 70.9 Å². The third-order valence-electron chi connectivity index (χ3n) is 5.53. The molecule has 5 rings (SSSR count). The summed E-state index contributed by atoms with van der Waals surface area (Å²) in [5.74, 6) is 0.931. The van der Waals surface area contributed by atoms with Crippen LogP contribution in [0, 0.1) is 0 Å². The Morgan fingerprint density at radius 1 is 1.10 bits per heavy atom. The number of hydrogen-bond donors (Lipinski definition) is 1. The van der Waals surface area contributed by atoms with E-state index < -0.39 is 0 Å². The second kappa shape index (κ2) is 8.14. The summed E-state index contributed by atoms with van der Waals surface area (Å²) in [7, 11) is 0. The molecule has 2 aromatic carbocycles. The number of nitrogens with one attached hydrogen (secondary N) is 1. The maximum absolute atomic E-state index is 12.5. The van der Waals surface area contributed by atoms with Gasteiger partial charge in [0.05, 0.1) is 17.6 Å². The van der Waals surface area contributed by atoms with Crippen molar-refractivity contribution in [1.82, 2.24) is 24.5 Å². The molecule has 0 aliphatic carbocycles. The molecule has 3 heterocycles. The Morgan fingerprint density at radius 2 is 2.00 bits per heavy atom. The number of carbonyl (C=O) groups is 1. The summed E-state index contributed by atoms with van der Waals surface area (Å²) >= 11 is 0. The SMILES string of the molecule is O=C(CCn1nnc2ccccc2c1=O)Nc1cccc(-c2cn3c(n2)CCCC3)c1. The van der Waals surface area contributed by atoms with Crippen molar-refractivity contribution >= 4 is 22.5 Å². The van der Waals surface area contributed by atoms with Crippen molar-refractivity contribution in [1.29, 1.82) is 0 Å². The van der Waals surface area contributed by atoms with Gasteiger partial charge in [-0.2, -0.15) is 0 Å². The minimum atomic E-state index is -0.246. The lowest BCUT2D eigenvalue weighted by atomic mass is 10.1. The van der Waals surface area contributed by atoms with Gasteiger partial charge in [-0.05, 0) is 37.1 Å². The topological polar surface area (TPSA) is 94.7 Å². The lowest BCUT2D eigenvalue weighted by Gasteiger charge is -2.11. The lowest BCUT2D eigenvalue weighted by molar-refractivity contribution is -0.116. The quantitative estimate of drug-likeness (QED) is 0.542. The molecule has 0 atom stereocenters. The molecule has 8 heteroatoms. The number of aromatic nitrogens is 5. The van der Waals surface area contributed by atoms with E-state index in [9.17, 15) is 9.59 Å². The summed E-state index contributed by atoms with van der Waals surface area (Å²) in [6.07, 6.45) is 5.57. The number of nitrogens with zero attached hydrogens (tertiary/aromatic N) is 5. The molecule has 0 unspecified atom stereocenters. The van der Waals surface area contributed by atoms with Gasteiger partial charge in [0.25, 0.3) is 5.56 Å². The second-order valence-corrected chi connectivity index (χ2v) is 7.71. The maximum atomic E-state index is 12.5. The van der Waals surface area contributed by atoms with Gasteiger partial charge in [0.2, 0.25) is 5.91 Å². The van der Waals surface area contributed by atoms with Crippen LogP contribution >= 0.6 is 0 Å². The van der Waals surface area contributed by atoms with E-state index in [4.69, 9.17) is 4.98 Å². The molecule has 0 spiro atoms. The molecule has 4 aromatic rings. The molecule has 156 valence electrons. The molecule has 31 heavy (non-hydrogen) atoms. The number of imidazole rings is 1. The Morgan fingerprint density at radius 3 is 2.90 bits per heavy atom. The number of rotatable bonds is 5. The van der Waals surface area contributed by atoms with Crippen molar-refractivity contribution in [2.45, 2.75) is 38.8 Å². The average molecular weight is 414 g/mol. The van der Waals surface area contributed by atoms with Gasteiger partial charge in [-0.3, -0.25) is 9.59 Å². The van der Waals surface area contributed by atoms with Crippen LogP contribution in [0.15, 0.2) is 59.5 Å². The van der Waals surface area contributed by atoms with Gasteiger partial charge >= 0.3 is 0 Å². The zero-order chi connectivity index (χ0) is 21.2. The smallest absolute Gasteiger partial charge is 0.277 e. The second-order valence-electron chi connectivity index (χ2n) is 7.71. The predicted molar refractivity (Wildman–Crippen MR) is 118 cm³/mol. The summed E-state index contributed by atoms with van der Waals surface area (Å²) < 4.78 is 3.44. The molecular weight excluding hydrogens is 392 g/mol. The van der Waals surface area contributed by atoms with Crippen LogP contribution in [0.1, 0.15) is 25.1 Å². The van der Waals surface area contributed by atoms with Gasteiger partial charge < -0.3 is 9.88 Å². The van der Waals surface area contributed by atoms with Crippen molar-refractivity contribution in [2.24, 2.45) is 0 Å². The number of anilines is 1. The lowest BCUT2D eigenvalue weighted by Crippen LogP contribution is -2.26. The van der Waals surface area contributed by atoms with Crippen LogP contribution in [-0.4, -0.2) is 30.5 Å². The average Bonchev–Trinajstić information content (AvgIpc) is 3.23. The monoisotopic (exact) mass is 414 g/mol. The Kier molecular flexibility index (Phi) is 5.03. The minimum absolute atomic E-state index is 0.121. The normalized spacial score (nSPS) is 13.2. The Bertz CT molecular complexity index is 1300. The van der Waals surface area contributed by atoms with Gasteiger partial charge in [0, 0.05) is 36.8 Å². The van der Waals surface area contributed by atoms with Gasteiger partial charge in [0.15, 0.2) is 0 Å². The van der Waals surface area contributed by atoms with E-state index in [0.29, 0.717) is 16.6 Å². The summed E-state index contributed by atoms with van der Waals surface area (Å²) in [5.41, 5.74) is 2.89. The first-order chi connectivity index (χ1) is 15.2. The molecule has 1 aliphatic heterocycles. The Hall–Kier alpha value is -3.81. The van der Waals surface area contributed by atoms with Crippen LogP contribution in [0.3, 0.4) is 0 Å². The summed E-state index contributed by atoms with van der Waals surface area (Å²) in [6, 6.07) is 14.7. The number of carbonyl (C=O) groups excluding carboxylic acids is 1. The summed E-state index contributed by atoms with van der Waals surface area (Å²) in [6.45, 7) is 1.17. The highest BCUT2D eigenvalue weighted by molar-refractivity contribution is 5.91. The van der Waals surface area contributed by atoms with Crippen molar-refractivity contribution in [3.8, 4) is 11.3 Å². The molecule has 1 N–H and O–H groups in total. The van der Waals surface area contributed by atoms with Crippen LogP contribution in [-0.2, 0) is 24.3 Å². The zero-order valence-electron chi connectivity index (χ0n) is 17.0. The zero-order valence-corrected chi connectivity index (χ0v) is 17.0. The largest absolute Gasteiger partial charge is 0.334 e. The van der Waals surface area contributed by atoms with E-state index in [1.165, 1.54) is 17.5 Å². The van der Waals surface area contributed by atoms with Crippen molar-refractivity contribution < 1.29 is 4.79 Å². The number of aryl methyl sites for hydroxylation is 3. The molecule has 0 radical (unpaired) electrons. The first kappa shape index (κ1) is 19.2. The fourth-order valence-electron chi connectivity index (χ4n) is 3.91. The predicted octanol–water partition coefficient (Wildman–Crippen LogP) is 3.02. The molecule has 1 aliphatic rings. The fourth-order valence-corrected chi connectivity index (χ4v) is 3.91. The third kappa shape index (κ3) is 3.96. The number of amides is 1. The molecule has 2 aromatic heterocycles. The standard InChI is InChI=1S/C23H22N6O2/c30-22(11-13-29-23(31)18-8-1-2-9-19(18)26-27-29)24-17-7-5-6-16(14-17)20-15-28-12-4-3-10-21(28)25-20/h1-2,5-9,14-15H,3-4,10-13H2,(H,24,30). The molecule has 0 fully saturated rings. The molecule has 1 amide bonds. The van der Waals surface area contributed by atoms with E-state index in [1.807, 2.05) is 24.3 Å². The van der Waals surface area contributed by atoms with Crippen molar-refractivity contribution in [3.63, 3.8) is 0 Å². The van der Waals surface area contributed by atoms with Crippen molar-refractivity contribution in [2.75, 3.05) is 5.32 Å². The summed E-state index contributed by atoms with van der Waals surface area (Å²) in [4.78, 5) is 29.7.